The highest BCUT2D eigenvalue weighted by molar-refractivity contribution is 7.47. The Hall–Kier alpha value is -4.54. The van der Waals surface area contributed by atoms with E-state index < -0.39 is 97.5 Å². The zero-order valence-electron chi connectivity index (χ0n) is 59.8. The fraction of sp³-hybridized carbons (Fsp3) is 0.688. The van der Waals surface area contributed by atoms with E-state index in [0.717, 1.165) is 135 Å². The molecule has 0 spiro atoms. The third-order valence-electron chi connectivity index (χ3n) is 15.0. The minimum Gasteiger partial charge on any atom is -0.462 e. The number of aliphatic hydroxyl groups is 1. The largest absolute Gasteiger partial charge is 0.472 e. The molecule has 17 nitrogen and oxygen atoms in total. The number of carbonyl (C=O) groups is 4. The van der Waals surface area contributed by atoms with Crippen molar-refractivity contribution in [1.29, 1.82) is 0 Å². The zero-order valence-corrected chi connectivity index (χ0v) is 61.5. The summed E-state index contributed by atoms with van der Waals surface area (Å²) in [6.45, 7) is 4.44. The van der Waals surface area contributed by atoms with E-state index in [1.165, 1.54) is 70.6 Å². The van der Waals surface area contributed by atoms with Crippen molar-refractivity contribution in [3.8, 4) is 0 Å². The normalized spacial score (nSPS) is 14.7. The molecule has 19 heteroatoms. The van der Waals surface area contributed by atoms with E-state index in [1.54, 1.807) is 12.2 Å². The summed E-state index contributed by atoms with van der Waals surface area (Å²) in [6.07, 6.45) is 73.8. The molecule has 0 aromatic rings. The predicted molar refractivity (Wildman–Crippen MR) is 390 cm³/mol. The van der Waals surface area contributed by atoms with Gasteiger partial charge in [-0.25, -0.2) is 9.13 Å². The number of carbonyl (C=O) groups excluding carboxylic acids is 4. The summed E-state index contributed by atoms with van der Waals surface area (Å²) in [5.74, 6) is -2.36. The molecule has 0 bridgehead atoms. The van der Waals surface area contributed by atoms with E-state index in [2.05, 4.69) is 125 Å². The number of allylic oxidation sites excluding steroid dienone is 19. The van der Waals surface area contributed by atoms with Crippen LogP contribution in [0.4, 0.5) is 0 Å². The van der Waals surface area contributed by atoms with Gasteiger partial charge in [0.25, 0.3) is 0 Å². The minimum absolute atomic E-state index is 0.0819. The van der Waals surface area contributed by atoms with Crippen LogP contribution in [0.1, 0.15) is 285 Å². The van der Waals surface area contributed by atoms with Gasteiger partial charge in [-0.1, -0.05) is 271 Å². The number of ether oxygens (including phenoxy) is 4. The number of hydrogen-bond donors (Lipinski definition) is 3. The molecular formula is C77H130O17P2. The first-order valence-corrected chi connectivity index (χ1v) is 39.8. The quantitative estimate of drug-likeness (QED) is 0.0169. The Balaban J connectivity index is 5.42. The molecule has 0 heterocycles. The number of esters is 4. The Morgan fingerprint density at radius 1 is 0.312 bits per heavy atom. The smallest absolute Gasteiger partial charge is 0.462 e. The number of unbranched alkanes of at least 4 members (excludes halogenated alkanes) is 23. The lowest BCUT2D eigenvalue weighted by Crippen LogP contribution is -2.30. The lowest BCUT2D eigenvalue weighted by Gasteiger charge is -2.21. The maximum Gasteiger partial charge on any atom is 0.472 e. The highest BCUT2D eigenvalue weighted by Crippen LogP contribution is 2.45. The predicted octanol–water partition coefficient (Wildman–Crippen LogP) is 20.8. The van der Waals surface area contributed by atoms with Crippen LogP contribution >= 0.6 is 15.6 Å². The van der Waals surface area contributed by atoms with Crippen LogP contribution in [0.15, 0.2) is 122 Å². The molecular weight excluding hydrogens is 1260 g/mol. The highest BCUT2D eigenvalue weighted by Gasteiger charge is 2.30. The number of aliphatic hydroxyl groups excluding tert-OH is 1. The Morgan fingerprint density at radius 3 is 0.969 bits per heavy atom. The molecule has 550 valence electrons. The van der Waals surface area contributed by atoms with Crippen molar-refractivity contribution in [2.24, 2.45) is 0 Å². The van der Waals surface area contributed by atoms with Gasteiger partial charge in [0, 0.05) is 19.3 Å². The summed E-state index contributed by atoms with van der Waals surface area (Å²) in [4.78, 5) is 72.6. The molecule has 0 aliphatic rings. The van der Waals surface area contributed by atoms with Crippen molar-refractivity contribution in [3.63, 3.8) is 0 Å². The Bertz CT molecular complexity index is 2300. The van der Waals surface area contributed by atoms with Crippen molar-refractivity contribution >= 4 is 39.5 Å². The maximum absolute atomic E-state index is 13.0. The molecule has 0 rings (SSSR count). The molecule has 0 aliphatic carbocycles. The van der Waals surface area contributed by atoms with Gasteiger partial charge < -0.3 is 33.8 Å². The first-order valence-electron chi connectivity index (χ1n) is 36.8. The zero-order chi connectivity index (χ0) is 70.4. The van der Waals surface area contributed by atoms with Crippen LogP contribution in [0.5, 0.6) is 0 Å². The number of rotatable bonds is 68. The van der Waals surface area contributed by atoms with E-state index in [9.17, 15) is 43.2 Å². The lowest BCUT2D eigenvalue weighted by molar-refractivity contribution is -0.161. The van der Waals surface area contributed by atoms with Crippen LogP contribution in [0, 0.1) is 0 Å². The number of hydrogen-bond acceptors (Lipinski definition) is 15. The second kappa shape index (κ2) is 69.0. The summed E-state index contributed by atoms with van der Waals surface area (Å²) in [5, 5.41) is 10.6. The molecule has 0 aromatic heterocycles. The van der Waals surface area contributed by atoms with E-state index in [-0.39, 0.29) is 25.7 Å². The van der Waals surface area contributed by atoms with Gasteiger partial charge in [-0.3, -0.25) is 37.3 Å². The Morgan fingerprint density at radius 2 is 0.594 bits per heavy atom. The molecule has 0 radical (unpaired) electrons. The molecule has 0 aliphatic heterocycles. The molecule has 5 atom stereocenters. The van der Waals surface area contributed by atoms with Crippen molar-refractivity contribution in [3.05, 3.63) is 122 Å². The summed E-state index contributed by atoms with van der Waals surface area (Å²) in [7, 11) is -9.98. The van der Waals surface area contributed by atoms with Crippen LogP contribution in [-0.2, 0) is 65.4 Å². The first-order chi connectivity index (χ1) is 46.7. The molecule has 0 fully saturated rings. The molecule has 5 unspecified atom stereocenters. The monoisotopic (exact) mass is 1390 g/mol. The Labute approximate surface area is 581 Å². The van der Waals surface area contributed by atoms with Gasteiger partial charge in [0.2, 0.25) is 0 Å². The average Bonchev–Trinajstić information content (AvgIpc) is 2.14. The minimum atomic E-state index is -5.00. The average molecular weight is 1390 g/mol. The summed E-state index contributed by atoms with van der Waals surface area (Å²) in [5.41, 5.74) is 0. The molecule has 0 aromatic carbocycles. The SMILES string of the molecule is CC/C=C\C/C=C\C/C=C\C/C=C\C/C=C\CC(=O)OC(COC(=O)CCCCCC/C=C\C/C=C\C/C=C\C/C=C\CC)COP(=O)(O)OCC(O)COP(=O)(O)OCC(COC(=O)CCCCCCCCCCCCCCC)OC(=O)CCCCCCC/C=C\CCCC. The van der Waals surface area contributed by atoms with Gasteiger partial charge in [-0.2, -0.15) is 0 Å². The van der Waals surface area contributed by atoms with Gasteiger partial charge in [-0.15, -0.1) is 0 Å². The van der Waals surface area contributed by atoms with Gasteiger partial charge in [0.15, 0.2) is 12.2 Å². The van der Waals surface area contributed by atoms with Gasteiger partial charge >= 0.3 is 39.5 Å². The van der Waals surface area contributed by atoms with E-state index in [4.69, 9.17) is 37.0 Å². The van der Waals surface area contributed by atoms with Crippen molar-refractivity contribution in [2.45, 2.75) is 303 Å². The van der Waals surface area contributed by atoms with E-state index in [0.29, 0.717) is 25.7 Å². The highest BCUT2D eigenvalue weighted by atomic mass is 31.2. The number of phosphoric ester groups is 2. The van der Waals surface area contributed by atoms with Crippen LogP contribution in [0.25, 0.3) is 0 Å². The fourth-order valence-corrected chi connectivity index (χ4v) is 11.0. The summed E-state index contributed by atoms with van der Waals surface area (Å²) in [6, 6.07) is 0. The number of phosphoric acid groups is 2. The summed E-state index contributed by atoms with van der Waals surface area (Å²) < 4.78 is 68.2. The van der Waals surface area contributed by atoms with Crippen molar-refractivity contribution < 1.29 is 80.2 Å². The van der Waals surface area contributed by atoms with Crippen LogP contribution < -0.4 is 0 Å². The van der Waals surface area contributed by atoms with Crippen LogP contribution in [0.3, 0.4) is 0 Å². The second-order valence-electron chi connectivity index (χ2n) is 24.1. The lowest BCUT2D eigenvalue weighted by atomic mass is 10.0. The van der Waals surface area contributed by atoms with Crippen molar-refractivity contribution in [1.82, 2.24) is 0 Å². The second-order valence-corrected chi connectivity index (χ2v) is 27.0. The fourth-order valence-electron chi connectivity index (χ4n) is 9.38. The summed E-state index contributed by atoms with van der Waals surface area (Å²) >= 11 is 0. The molecule has 0 amide bonds. The topological polar surface area (TPSA) is 237 Å². The van der Waals surface area contributed by atoms with Crippen LogP contribution in [-0.4, -0.2) is 96.7 Å². The van der Waals surface area contributed by atoms with Gasteiger partial charge in [-0.05, 0) is 109 Å². The van der Waals surface area contributed by atoms with Crippen LogP contribution in [0.2, 0.25) is 0 Å². The van der Waals surface area contributed by atoms with E-state index in [1.807, 2.05) is 12.2 Å². The third-order valence-corrected chi connectivity index (χ3v) is 16.9. The maximum atomic E-state index is 13.0. The standard InChI is InChI=1S/C77H130O17P2/c1-5-9-13-17-21-25-29-32-34-35-37-39-43-46-50-54-58-62-75(80)88-68-73(94-77(82)64-60-56-52-48-44-40-36-33-30-26-22-18-14-10-6-2)70-92-96(85,86)90-66-71(78)65-89-95(83,84)91-69-72(93-76(81)63-59-55-51-47-41-28-24-20-16-12-8-4)67-87-74(79)61-57-53-49-45-42-38-31-27-23-19-15-11-7-3/h9-10,13-14,20-22,24-26,32-34,36-37,39,44,48,56,60,71-73,78H,5-8,11-12,15-19,23,27-31,35,38,40-43,45-47,49-55,57-59,61-70H2,1-4H3,(H,83,84)(H,85,86)/b13-9-,14-10-,24-20-,25-21-,26-22-,34-32-,36-33-,39-37-,48-44-,60-56-. The van der Waals surface area contributed by atoms with E-state index >= 15 is 0 Å². The molecule has 0 saturated heterocycles. The van der Waals surface area contributed by atoms with Gasteiger partial charge in [0.05, 0.1) is 32.8 Å². The molecule has 0 saturated carbocycles. The van der Waals surface area contributed by atoms with Gasteiger partial charge in [0.1, 0.15) is 19.3 Å². The molecule has 3 N–H and O–H groups in total. The van der Waals surface area contributed by atoms with Crippen molar-refractivity contribution in [2.75, 3.05) is 39.6 Å². The molecule has 96 heavy (non-hydrogen) atoms. The first kappa shape index (κ1) is 91.5. The third kappa shape index (κ3) is 68.0. The Kier molecular flexibility index (Phi) is 65.7.